The number of hydrogen-bond acceptors (Lipinski definition) is 5. The summed E-state index contributed by atoms with van der Waals surface area (Å²) in [6, 6.07) is 5.93. The maximum Gasteiger partial charge on any atom is 0.213 e. The van der Waals surface area contributed by atoms with Crippen molar-refractivity contribution in [3.63, 3.8) is 0 Å². The maximum atomic E-state index is 5.78. The van der Waals surface area contributed by atoms with Gasteiger partial charge in [-0.1, -0.05) is 0 Å². The Morgan fingerprint density at radius 2 is 2.47 bits per heavy atom. The summed E-state index contributed by atoms with van der Waals surface area (Å²) in [6.45, 7) is 1.01. The lowest BCUT2D eigenvalue weighted by molar-refractivity contribution is 0.412. The van der Waals surface area contributed by atoms with Crippen LogP contribution in [0.5, 0.6) is 5.75 Å². The number of oxazole rings is 1. The SMILES string of the molecule is COc1ccc2nc(C3CSCCN3)oc2c1. The van der Waals surface area contributed by atoms with Crippen molar-refractivity contribution in [3.8, 4) is 5.75 Å². The highest BCUT2D eigenvalue weighted by Crippen LogP contribution is 2.27. The molecule has 0 amide bonds. The molecule has 4 nitrogen and oxygen atoms in total. The summed E-state index contributed by atoms with van der Waals surface area (Å²) in [5.74, 6) is 3.75. The molecule has 0 aliphatic carbocycles. The van der Waals surface area contributed by atoms with Gasteiger partial charge in [-0.25, -0.2) is 4.98 Å². The van der Waals surface area contributed by atoms with E-state index in [-0.39, 0.29) is 6.04 Å². The molecule has 1 fully saturated rings. The number of rotatable bonds is 2. The normalized spacial score (nSPS) is 20.6. The molecule has 1 aromatic carbocycles. The molecule has 2 heterocycles. The van der Waals surface area contributed by atoms with E-state index in [2.05, 4.69) is 10.3 Å². The Hall–Kier alpha value is -1.20. The lowest BCUT2D eigenvalue weighted by Crippen LogP contribution is -2.30. The van der Waals surface area contributed by atoms with Gasteiger partial charge in [0.2, 0.25) is 5.89 Å². The van der Waals surface area contributed by atoms with Crippen LogP contribution in [-0.2, 0) is 0 Å². The highest BCUT2D eigenvalue weighted by atomic mass is 32.2. The summed E-state index contributed by atoms with van der Waals surface area (Å²) in [7, 11) is 1.65. The van der Waals surface area contributed by atoms with Crippen LogP contribution >= 0.6 is 11.8 Å². The highest BCUT2D eigenvalue weighted by molar-refractivity contribution is 7.99. The van der Waals surface area contributed by atoms with Crippen molar-refractivity contribution in [1.82, 2.24) is 10.3 Å². The van der Waals surface area contributed by atoms with E-state index in [1.807, 2.05) is 30.0 Å². The van der Waals surface area contributed by atoms with E-state index in [1.54, 1.807) is 7.11 Å². The first-order valence-electron chi connectivity index (χ1n) is 5.62. The Bertz CT molecular complexity index is 520. The molecule has 0 bridgehead atoms. The number of benzene rings is 1. The van der Waals surface area contributed by atoms with Crippen LogP contribution in [-0.4, -0.2) is 30.1 Å². The van der Waals surface area contributed by atoms with Crippen molar-refractivity contribution in [2.45, 2.75) is 6.04 Å². The molecule has 1 aromatic heterocycles. The van der Waals surface area contributed by atoms with Crippen molar-refractivity contribution in [1.29, 1.82) is 0 Å². The average molecular weight is 250 g/mol. The molecule has 3 rings (SSSR count). The second kappa shape index (κ2) is 4.58. The van der Waals surface area contributed by atoms with Gasteiger partial charge in [-0.2, -0.15) is 11.8 Å². The van der Waals surface area contributed by atoms with E-state index in [9.17, 15) is 0 Å². The van der Waals surface area contributed by atoms with Gasteiger partial charge in [0.1, 0.15) is 11.3 Å². The highest BCUT2D eigenvalue weighted by Gasteiger charge is 2.20. The van der Waals surface area contributed by atoms with Crippen LogP contribution in [0.1, 0.15) is 11.9 Å². The van der Waals surface area contributed by atoms with Gasteiger partial charge < -0.3 is 14.5 Å². The van der Waals surface area contributed by atoms with Crippen LogP contribution in [0.3, 0.4) is 0 Å². The molecule has 0 radical (unpaired) electrons. The largest absolute Gasteiger partial charge is 0.497 e. The summed E-state index contributed by atoms with van der Waals surface area (Å²) in [4.78, 5) is 4.51. The summed E-state index contributed by atoms with van der Waals surface area (Å²) in [5.41, 5.74) is 1.68. The Morgan fingerprint density at radius 1 is 1.53 bits per heavy atom. The van der Waals surface area contributed by atoms with Crippen molar-refractivity contribution in [3.05, 3.63) is 24.1 Å². The first kappa shape index (κ1) is 10.9. The number of nitrogens with zero attached hydrogens (tertiary/aromatic N) is 1. The van der Waals surface area contributed by atoms with Crippen molar-refractivity contribution >= 4 is 22.9 Å². The molecule has 5 heteroatoms. The van der Waals surface area contributed by atoms with E-state index in [4.69, 9.17) is 9.15 Å². The Labute approximate surface area is 104 Å². The number of hydrogen-bond donors (Lipinski definition) is 1. The second-order valence-electron chi connectivity index (χ2n) is 3.97. The van der Waals surface area contributed by atoms with E-state index >= 15 is 0 Å². The van der Waals surface area contributed by atoms with Gasteiger partial charge in [0.05, 0.1) is 13.2 Å². The minimum atomic E-state index is 0.229. The second-order valence-corrected chi connectivity index (χ2v) is 5.12. The Morgan fingerprint density at radius 3 is 3.24 bits per heavy atom. The molecule has 1 aliphatic heterocycles. The van der Waals surface area contributed by atoms with Crippen LogP contribution in [0.4, 0.5) is 0 Å². The zero-order valence-electron chi connectivity index (χ0n) is 9.60. The first-order valence-corrected chi connectivity index (χ1v) is 6.78. The molecule has 2 aromatic rings. The molecule has 1 aliphatic rings. The molecular formula is C12H14N2O2S. The maximum absolute atomic E-state index is 5.78. The quantitative estimate of drug-likeness (QED) is 0.885. The number of fused-ring (bicyclic) bond motifs is 1. The number of ether oxygens (including phenoxy) is 1. The summed E-state index contributed by atoms with van der Waals surface area (Å²) >= 11 is 1.93. The lowest BCUT2D eigenvalue weighted by Gasteiger charge is -2.19. The smallest absolute Gasteiger partial charge is 0.213 e. The zero-order valence-corrected chi connectivity index (χ0v) is 10.4. The fourth-order valence-electron chi connectivity index (χ4n) is 1.92. The number of thioether (sulfide) groups is 1. The van der Waals surface area contributed by atoms with Crippen LogP contribution in [0, 0.1) is 0 Å². The Balaban J connectivity index is 1.95. The predicted octanol–water partition coefficient (Wildman–Crippen LogP) is 2.21. The summed E-state index contributed by atoms with van der Waals surface area (Å²) < 4.78 is 11.0. The molecule has 1 atom stereocenters. The number of methoxy groups -OCH3 is 1. The molecule has 1 saturated heterocycles. The van der Waals surface area contributed by atoms with Gasteiger partial charge in [-0.3, -0.25) is 0 Å². The van der Waals surface area contributed by atoms with Gasteiger partial charge in [-0.15, -0.1) is 0 Å². The number of aromatic nitrogens is 1. The van der Waals surface area contributed by atoms with Gasteiger partial charge in [-0.05, 0) is 12.1 Å². The lowest BCUT2D eigenvalue weighted by atomic mass is 10.3. The summed E-state index contributed by atoms with van der Waals surface area (Å²) in [6.07, 6.45) is 0. The third-order valence-corrected chi connectivity index (χ3v) is 3.89. The van der Waals surface area contributed by atoms with Gasteiger partial charge in [0.25, 0.3) is 0 Å². The number of nitrogens with one attached hydrogen (secondary N) is 1. The topological polar surface area (TPSA) is 47.3 Å². The minimum absolute atomic E-state index is 0.229. The third-order valence-electron chi connectivity index (χ3n) is 2.83. The molecule has 0 spiro atoms. The first-order chi connectivity index (χ1) is 8.36. The third kappa shape index (κ3) is 2.12. The predicted molar refractivity (Wildman–Crippen MR) is 68.6 cm³/mol. The summed E-state index contributed by atoms with van der Waals surface area (Å²) in [5, 5.41) is 3.42. The molecule has 90 valence electrons. The van der Waals surface area contributed by atoms with E-state index in [1.165, 1.54) is 0 Å². The monoisotopic (exact) mass is 250 g/mol. The Kier molecular flexibility index (Phi) is 2.94. The fraction of sp³-hybridized carbons (Fsp3) is 0.417. The molecule has 1 unspecified atom stereocenters. The molecule has 1 N–H and O–H groups in total. The van der Waals surface area contributed by atoms with Crippen LogP contribution in [0.25, 0.3) is 11.1 Å². The minimum Gasteiger partial charge on any atom is -0.497 e. The van der Waals surface area contributed by atoms with Crippen molar-refractivity contribution in [2.24, 2.45) is 0 Å². The fourth-order valence-corrected chi connectivity index (χ4v) is 2.85. The van der Waals surface area contributed by atoms with Gasteiger partial charge in [0.15, 0.2) is 5.58 Å². The van der Waals surface area contributed by atoms with Crippen LogP contribution < -0.4 is 10.1 Å². The molecule has 17 heavy (non-hydrogen) atoms. The van der Waals surface area contributed by atoms with Crippen molar-refractivity contribution in [2.75, 3.05) is 25.2 Å². The molecular weight excluding hydrogens is 236 g/mol. The van der Waals surface area contributed by atoms with Crippen LogP contribution in [0.15, 0.2) is 22.6 Å². The molecule has 0 saturated carbocycles. The van der Waals surface area contributed by atoms with E-state index < -0.39 is 0 Å². The van der Waals surface area contributed by atoms with Crippen LogP contribution in [0.2, 0.25) is 0 Å². The van der Waals surface area contributed by atoms with Crippen molar-refractivity contribution < 1.29 is 9.15 Å². The van der Waals surface area contributed by atoms with E-state index in [0.717, 1.165) is 40.8 Å². The average Bonchev–Trinajstić information content (AvgIpc) is 2.82. The van der Waals surface area contributed by atoms with Gasteiger partial charge in [0, 0.05) is 24.1 Å². The zero-order chi connectivity index (χ0) is 11.7. The van der Waals surface area contributed by atoms with E-state index in [0.29, 0.717) is 0 Å². The van der Waals surface area contributed by atoms with Gasteiger partial charge >= 0.3 is 0 Å². The standard InChI is InChI=1S/C12H14N2O2S/c1-15-8-2-3-9-11(6-8)16-12(14-9)10-7-17-5-4-13-10/h2-3,6,10,13H,4-5,7H2,1H3.